The number of morpholine rings is 1. The number of benzene rings is 2. The molecule has 4 nitrogen and oxygen atoms in total. The van der Waals surface area contributed by atoms with E-state index in [0.717, 1.165) is 36.6 Å². The van der Waals surface area contributed by atoms with Crippen LogP contribution in [0.1, 0.15) is 11.7 Å². The lowest BCUT2D eigenvalue weighted by molar-refractivity contribution is 0.0277. The molecule has 4 rings (SSSR count). The Balaban J connectivity index is 1.65. The molecular formula is C19H18FN3O. The van der Waals surface area contributed by atoms with E-state index in [-0.39, 0.29) is 11.9 Å². The summed E-state index contributed by atoms with van der Waals surface area (Å²) < 4.78 is 21.6. The van der Waals surface area contributed by atoms with E-state index in [1.807, 2.05) is 36.4 Å². The summed E-state index contributed by atoms with van der Waals surface area (Å²) in [4.78, 5) is 0. The summed E-state index contributed by atoms with van der Waals surface area (Å²) in [5, 5.41) is 7.68. The zero-order chi connectivity index (χ0) is 16.4. The van der Waals surface area contributed by atoms with Crippen LogP contribution in [0.2, 0.25) is 0 Å². The van der Waals surface area contributed by atoms with Crippen LogP contribution < -0.4 is 5.32 Å². The molecule has 1 N–H and O–H groups in total. The van der Waals surface area contributed by atoms with Gasteiger partial charge in [-0.1, -0.05) is 24.3 Å². The Kier molecular flexibility index (Phi) is 4.11. The van der Waals surface area contributed by atoms with Crippen molar-refractivity contribution in [1.29, 1.82) is 0 Å². The smallest absolute Gasteiger partial charge is 0.132 e. The summed E-state index contributed by atoms with van der Waals surface area (Å²) in [5.41, 5.74) is 3.30. The molecule has 2 aromatic carbocycles. The minimum Gasteiger partial charge on any atom is -0.371 e. The van der Waals surface area contributed by atoms with Crippen molar-refractivity contribution >= 4 is 0 Å². The van der Waals surface area contributed by atoms with Gasteiger partial charge < -0.3 is 10.1 Å². The van der Waals surface area contributed by atoms with Gasteiger partial charge in [-0.2, -0.15) is 5.10 Å². The molecule has 0 bridgehead atoms. The van der Waals surface area contributed by atoms with Crippen molar-refractivity contribution in [1.82, 2.24) is 15.1 Å². The van der Waals surface area contributed by atoms with E-state index in [9.17, 15) is 4.39 Å². The molecule has 1 saturated heterocycles. The molecule has 24 heavy (non-hydrogen) atoms. The first kappa shape index (κ1) is 15.1. The number of ether oxygens (including phenoxy) is 1. The third-order valence-corrected chi connectivity index (χ3v) is 4.23. The van der Waals surface area contributed by atoms with Gasteiger partial charge in [-0.25, -0.2) is 9.07 Å². The van der Waals surface area contributed by atoms with E-state index in [2.05, 4.69) is 10.4 Å². The molecule has 1 aromatic heterocycles. The summed E-state index contributed by atoms with van der Waals surface area (Å²) in [6, 6.07) is 16.6. The van der Waals surface area contributed by atoms with Crippen molar-refractivity contribution in [2.45, 2.75) is 6.10 Å². The van der Waals surface area contributed by atoms with Crippen LogP contribution in [0.4, 0.5) is 4.39 Å². The highest BCUT2D eigenvalue weighted by Crippen LogP contribution is 2.26. The maximum Gasteiger partial charge on any atom is 0.132 e. The van der Waals surface area contributed by atoms with Gasteiger partial charge in [-0.3, -0.25) is 0 Å². The number of aromatic nitrogens is 2. The van der Waals surface area contributed by atoms with Gasteiger partial charge in [0, 0.05) is 18.7 Å². The summed E-state index contributed by atoms with van der Waals surface area (Å²) in [5.74, 6) is -0.252. The quantitative estimate of drug-likeness (QED) is 0.803. The Morgan fingerprint density at radius 3 is 2.67 bits per heavy atom. The van der Waals surface area contributed by atoms with Gasteiger partial charge in [-0.15, -0.1) is 0 Å². The van der Waals surface area contributed by atoms with Crippen molar-refractivity contribution < 1.29 is 9.13 Å². The Bertz CT molecular complexity index is 823. The average molecular weight is 323 g/mol. The Morgan fingerprint density at radius 1 is 1.08 bits per heavy atom. The van der Waals surface area contributed by atoms with Crippen LogP contribution in [-0.2, 0) is 4.74 Å². The fraction of sp³-hybridized carbons (Fsp3) is 0.211. The number of rotatable bonds is 3. The van der Waals surface area contributed by atoms with Crippen LogP contribution in [0.5, 0.6) is 0 Å². The molecule has 1 unspecified atom stereocenters. The molecule has 0 saturated carbocycles. The SMILES string of the molecule is Fc1ccccc1-c1ccnn1-c1ccc(C2CNCCO2)cc1. The molecular weight excluding hydrogens is 305 g/mol. The molecule has 1 aliphatic heterocycles. The van der Waals surface area contributed by atoms with Crippen molar-refractivity contribution in [2.24, 2.45) is 0 Å². The van der Waals surface area contributed by atoms with Crippen LogP contribution in [-0.4, -0.2) is 29.5 Å². The molecule has 1 atom stereocenters. The third-order valence-electron chi connectivity index (χ3n) is 4.23. The maximum atomic E-state index is 14.1. The van der Waals surface area contributed by atoms with Crippen LogP contribution in [0.25, 0.3) is 16.9 Å². The summed E-state index contributed by atoms with van der Waals surface area (Å²) in [6.45, 7) is 2.44. The fourth-order valence-electron chi connectivity index (χ4n) is 2.99. The second kappa shape index (κ2) is 6.55. The van der Waals surface area contributed by atoms with Crippen molar-refractivity contribution in [2.75, 3.05) is 19.7 Å². The van der Waals surface area contributed by atoms with E-state index in [0.29, 0.717) is 5.56 Å². The first-order valence-electron chi connectivity index (χ1n) is 8.04. The molecule has 122 valence electrons. The largest absolute Gasteiger partial charge is 0.371 e. The van der Waals surface area contributed by atoms with E-state index >= 15 is 0 Å². The van der Waals surface area contributed by atoms with Crippen LogP contribution in [0.15, 0.2) is 60.8 Å². The van der Waals surface area contributed by atoms with Crippen LogP contribution in [0.3, 0.4) is 0 Å². The van der Waals surface area contributed by atoms with Gasteiger partial charge in [0.25, 0.3) is 0 Å². The summed E-state index contributed by atoms with van der Waals surface area (Å²) >= 11 is 0. The molecule has 1 aliphatic rings. The van der Waals surface area contributed by atoms with Crippen molar-refractivity contribution in [3.63, 3.8) is 0 Å². The minimum absolute atomic E-state index is 0.0801. The molecule has 3 aromatic rings. The Labute approximate surface area is 139 Å². The highest BCUT2D eigenvalue weighted by Gasteiger charge is 2.16. The minimum atomic E-state index is -0.252. The second-order valence-corrected chi connectivity index (χ2v) is 5.76. The van der Waals surface area contributed by atoms with Gasteiger partial charge in [0.05, 0.1) is 30.3 Å². The number of halogens is 1. The van der Waals surface area contributed by atoms with Gasteiger partial charge in [0.1, 0.15) is 5.82 Å². The number of hydrogen-bond acceptors (Lipinski definition) is 3. The zero-order valence-corrected chi connectivity index (χ0v) is 13.2. The summed E-state index contributed by atoms with van der Waals surface area (Å²) in [7, 11) is 0. The van der Waals surface area contributed by atoms with Crippen molar-refractivity contribution in [3.8, 4) is 16.9 Å². The molecule has 0 aliphatic carbocycles. The predicted octanol–water partition coefficient (Wildman–Crippen LogP) is 3.34. The number of nitrogens with one attached hydrogen (secondary N) is 1. The van der Waals surface area contributed by atoms with E-state index in [1.54, 1.807) is 23.0 Å². The fourth-order valence-corrected chi connectivity index (χ4v) is 2.99. The maximum absolute atomic E-state index is 14.1. The van der Waals surface area contributed by atoms with E-state index in [4.69, 9.17) is 4.74 Å². The number of hydrogen-bond donors (Lipinski definition) is 1. The van der Waals surface area contributed by atoms with E-state index < -0.39 is 0 Å². The predicted molar refractivity (Wildman–Crippen MR) is 90.5 cm³/mol. The topological polar surface area (TPSA) is 39.1 Å². The number of nitrogens with zero attached hydrogens (tertiary/aromatic N) is 2. The highest BCUT2D eigenvalue weighted by atomic mass is 19.1. The van der Waals surface area contributed by atoms with Gasteiger partial charge in [-0.05, 0) is 35.9 Å². The standard InChI is InChI=1S/C19H18FN3O/c20-17-4-2-1-3-16(17)18-9-10-22-23(18)15-7-5-14(6-8-15)19-13-21-11-12-24-19/h1-10,19,21H,11-13H2. The average Bonchev–Trinajstić information content (AvgIpc) is 3.12. The van der Waals surface area contributed by atoms with Crippen LogP contribution in [0, 0.1) is 5.82 Å². The van der Waals surface area contributed by atoms with E-state index in [1.165, 1.54) is 6.07 Å². The lowest BCUT2D eigenvalue weighted by Crippen LogP contribution is -2.33. The Hall–Kier alpha value is -2.50. The normalized spacial score (nSPS) is 17.8. The second-order valence-electron chi connectivity index (χ2n) is 5.76. The van der Waals surface area contributed by atoms with Gasteiger partial charge in [0.2, 0.25) is 0 Å². The van der Waals surface area contributed by atoms with Crippen molar-refractivity contribution in [3.05, 3.63) is 72.2 Å². The first-order valence-corrected chi connectivity index (χ1v) is 8.04. The monoisotopic (exact) mass is 323 g/mol. The Morgan fingerprint density at radius 2 is 1.92 bits per heavy atom. The lowest BCUT2D eigenvalue weighted by atomic mass is 10.1. The molecule has 5 heteroatoms. The van der Waals surface area contributed by atoms with Crippen LogP contribution >= 0.6 is 0 Å². The highest BCUT2D eigenvalue weighted by molar-refractivity contribution is 5.62. The zero-order valence-electron chi connectivity index (χ0n) is 13.2. The molecule has 0 spiro atoms. The summed E-state index contributed by atoms with van der Waals surface area (Å²) in [6.07, 6.45) is 1.76. The van der Waals surface area contributed by atoms with Gasteiger partial charge >= 0.3 is 0 Å². The lowest BCUT2D eigenvalue weighted by Gasteiger charge is -2.24. The van der Waals surface area contributed by atoms with Gasteiger partial charge in [0.15, 0.2) is 0 Å². The molecule has 1 fully saturated rings. The third kappa shape index (κ3) is 2.84. The molecule has 2 heterocycles. The molecule has 0 radical (unpaired) electrons. The molecule has 0 amide bonds. The first-order chi connectivity index (χ1) is 11.8.